The van der Waals surface area contributed by atoms with E-state index in [1.54, 1.807) is 19.2 Å². The Morgan fingerprint density at radius 1 is 1.17 bits per heavy atom. The molecule has 0 aliphatic rings. The van der Waals surface area contributed by atoms with E-state index in [2.05, 4.69) is 11.8 Å². The molecule has 58 valence electrons. The van der Waals surface area contributed by atoms with E-state index in [9.17, 15) is 0 Å². The second kappa shape index (κ2) is 3.51. The van der Waals surface area contributed by atoms with E-state index < -0.39 is 0 Å². The maximum atomic E-state index is 5.25. The number of hydrogen-bond acceptors (Lipinski definition) is 1. The quantitative estimate of drug-likeness (QED) is 0.562. The summed E-state index contributed by atoms with van der Waals surface area (Å²) in [6, 6.07) is 5.40. The van der Waals surface area contributed by atoms with Gasteiger partial charge in [0.05, 0.1) is 18.2 Å². The van der Waals surface area contributed by atoms with Crippen molar-refractivity contribution in [2.24, 2.45) is 0 Å². The maximum Gasteiger partial charge on any atom is 0.150 e. The van der Waals surface area contributed by atoms with Crippen LogP contribution in [0.3, 0.4) is 0 Å². The molecule has 0 unspecified atom stereocenters. The first-order valence-electron chi connectivity index (χ1n) is 3.43. The Hall–Kier alpha value is -1.86. The van der Waals surface area contributed by atoms with Crippen molar-refractivity contribution in [2.75, 3.05) is 7.11 Å². The van der Waals surface area contributed by atoms with Gasteiger partial charge in [-0.05, 0) is 12.1 Å². The molecular weight excluding hydrogens is 148 g/mol. The van der Waals surface area contributed by atoms with Crippen LogP contribution in [0.4, 0.5) is 0 Å². The van der Waals surface area contributed by atoms with Gasteiger partial charge < -0.3 is 4.74 Å². The molecule has 12 heavy (non-hydrogen) atoms. The molecule has 1 aromatic rings. The van der Waals surface area contributed by atoms with E-state index in [0.29, 0.717) is 16.9 Å². The number of rotatable bonds is 1. The molecule has 0 fully saturated rings. The first kappa shape index (κ1) is 8.24. The molecule has 1 aromatic carbocycles. The fraction of sp³-hybridized carbons (Fsp3) is 0.0909. The van der Waals surface area contributed by atoms with Crippen molar-refractivity contribution in [3.8, 4) is 30.4 Å². The highest BCUT2D eigenvalue weighted by atomic mass is 16.5. The standard InChI is InChI=1S/C11H8O/c1-4-9-7-6-8-10(5-2)11(9)12-3/h1-2,6-8H,3H3. The van der Waals surface area contributed by atoms with Crippen LogP contribution in [0.15, 0.2) is 18.2 Å². The Bertz CT molecular complexity index is 331. The van der Waals surface area contributed by atoms with Crippen molar-refractivity contribution in [1.29, 1.82) is 0 Å². The summed E-state index contributed by atoms with van der Waals surface area (Å²) in [5.74, 6) is 5.60. The summed E-state index contributed by atoms with van der Waals surface area (Å²) in [7, 11) is 1.55. The number of methoxy groups -OCH3 is 1. The smallest absolute Gasteiger partial charge is 0.150 e. The van der Waals surface area contributed by atoms with Crippen molar-refractivity contribution < 1.29 is 4.74 Å². The second-order valence-corrected chi connectivity index (χ2v) is 2.18. The largest absolute Gasteiger partial charge is 0.494 e. The van der Waals surface area contributed by atoms with Gasteiger partial charge in [0.15, 0.2) is 0 Å². The normalized spacial score (nSPS) is 8.25. The van der Waals surface area contributed by atoms with Gasteiger partial charge in [-0.2, -0.15) is 0 Å². The summed E-state index contributed by atoms with van der Waals surface area (Å²) in [6.07, 6.45) is 10.5. The van der Waals surface area contributed by atoms with Gasteiger partial charge >= 0.3 is 0 Å². The van der Waals surface area contributed by atoms with E-state index in [1.807, 2.05) is 6.07 Å². The van der Waals surface area contributed by atoms with Crippen LogP contribution in [0.2, 0.25) is 0 Å². The van der Waals surface area contributed by atoms with Gasteiger partial charge in [-0.15, -0.1) is 12.8 Å². The molecule has 0 bridgehead atoms. The lowest BCUT2D eigenvalue weighted by atomic mass is 10.1. The summed E-state index contributed by atoms with van der Waals surface area (Å²) >= 11 is 0. The van der Waals surface area contributed by atoms with Gasteiger partial charge in [-0.3, -0.25) is 0 Å². The highest BCUT2D eigenvalue weighted by Gasteiger charge is 2.03. The molecular formula is C11H8O. The zero-order valence-electron chi connectivity index (χ0n) is 6.79. The lowest BCUT2D eigenvalue weighted by Gasteiger charge is -2.04. The van der Waals surface area contributed by atoms with Gasteiger partial charge in [0.2, 0.25) is 0 Å². The maximum absolute atomic E-state index is 5.25. The van der Waals surface area contributed by atoms with Crippen molar-refractivity contribution in [1.82, 2.24) is 0 Å². The highest BCUT2D eigenvalue weighted by molar-refractivity contribution is 5.55. The van der Waals surface area contributed by atoms with Crippen molar-refractivity contribution in [3.05, 3.63) is 29.3 Å². The Balaban J connectivity index is 3.37. The van der Waals surface area contributed by atoms with E-state index in [1.165, 1.54) is 0 Å². The SMILES string of the molecule is C#Cc1cccc(C#C)c1OC. The molecule has 1 nitrogen and oxygen atoms in total. The summed E-state index contributed by atoms with van der Waals surface area (Å²) in [5.41, 5.74) is 1.38. The number of hydrogen-bond donors (Lipinski definition) is 0. The van der Waals surface area contributed by atoms with Crippen molar-refractivity contribution in [3.63, 3.8) is 0 Å². The monoisotopic (exact) mass is 156 g/mol. The van der Waals surface area contributed by atoms with E-state index in [0.717, 1.165) is 0 Å². The summed E-state index contributed by atoms with van der Waals surface area (Å²) in [6.45, 7) is 0. The van der Waals surface area contributed by atoms with Gasteiger partial charge in [0.1, 0.15) is 5.75 Å². The molecule has 0 aliphatic carbocycles. The minimum absolute atomic E-state index is 0.600. The number of benzene rings is 1. The lowest BCUT2D eigenvalue weighted by Crippen LogP contribution is -1.91. The van der Waals surface area contributed by atoms with E-state index in [4.69, 9.17) is 17.6 Å². The third-order valence-electron chi connectivity index (χ3n) is 1.53. The van der Waals surface area contributed by atoms with Gasteiger partial charge in [0, 0.05) is 0 Å². The predicted octanol–water partition coefficient (Wildman–Crippen LogP) is 1.66. The number of ether oxygens (including phenoxy) is 1. The summed E-state index contributed by atoms with van der Waals surface area (Å²) in [5, 5.41) is 0. The molecule has 0 saturated carbocycles. The predicted molar refractivity (Wildman–Crippen MR) is 48.9 cm³/mol. The van der Waals surface area contributed by atoms with Crippen LogP contribution in [0.1, 0.15) is 11.1 Å². The topological polar surface area (TPSA) is 9.23 Å². The molecule has 0 spiro atoms. The van der Waals surface area contributed by atoms with E-state index in [-0.39, 0.29) is 0 Å². The van der Waals surface area contributed by atoms with Crippen LogP contribution in [0, 0.1) is 24.7 Å². The molecule has 0 aromatic heterocycles. The van der Waals surface area contributed by atoms with Crippen molar-refractivity contribution >= 4 is 0 Å². The molecule has 0 N–H and O–H groups in total. The van der Waals surface area contributed by atoms with Gasteiger partial charge in [-0.1, -0.05) is 17.9 Å². The van der Waals surface area contributed by atoms with Crippen LogP contribution in [0.5, 0.6) is 5.75 Å². The minimum Gasteiger partial charge on any atom is -0.494 e. The third-order valence-corrected chi connectivity index (χ3v) is 1.53. The number of para-hydroxylation sites is 1. The fourth-order valence-corrected chi connectivity index (χ4v) is 0.984. The third kappa shape index (κ3) is 1.26. The van der Waals surface area contributed by atoms with E-state index >= 15 is 0 Å². The Kier molecular flexibility index (Phi) is 2.41. The summed E-state index contributed by atoms with van der Waals surface area (Å²) in [4.78, 5) is 0. The average Bonchev–Trinajstić information content (AvgIpc) is 2.16. The first-order chi connectivity index (χ1) is 5.83. The lowest BCUT2D eigenvalue weighted by molar-refractivity contribution is 0.412. The zero-order chi connectivity index (χ0) is 8.97. The Labute approximate surface area is 72.4 Å². The zero-order valence-corrected chi connectivity index (χ0v) is 6.79. The molecule has 0 atom stereocenters. The Morgan fingerprint density at radius 3 is 2.00 bits per heavy atom. The van der Waals surface area contributed by atoms with Gasteiger partial charge in [0.25, 0.3) is 0 Å². The van der Waals surface area contributed by atoms with Crippen LogP contribution in [-0.2, 0) is 0 Å². The van der Waals surface area contributed by atoms with Crippen LogP contribution >= 0.6 is 0 Å². The first-order valence-corrected chi connectivity index (χ1v) is 3.43. The van der Waals surface area contributed by atoms with Crippen LogP contribution < -0.4 is 4.74 Å². The molecule has 0 heterocycles. The fourth-order valence-electron chi connectivity index (χ4n) is 0.984. The highest BCUT2D eigenvalue weighted by Crippen LogP contribution is 2.21. The number of terminal acetylenes is 2. The van der Waals surface area contributed by atoms with Crippen LogP contribution in [-0.4, -0.2) is 7.11 Å². The molecule has 1 rings (SSSR count). The molecule has 0 aliphatic heterocycles. The molecule has 0 saturated heterocycles. The van der Waals surface area contributed by atoms with Crippen molar-refractivity contribution in [2.45, 2.75) is 0 Å². The average molecular weight is 156 g/mol. The Morgan fingerprint density at radius 2 is 1.67 bits per heavy atom. The molecule has 0 amide bonds. The molecule has 0 radical (unpaired) electrons. The second-order valence-electron chi connectivity index (χ2n) is 2.18. The summed E-state index contributed by atoms with van der Waals surface area (Å²) < 4.78 is 5.07. The minimum atomic E-state index is 0.600. The van der Waals surface area contributed by atoms with Crippen LogP contribution in [0.25, 0.3) is 0 Å². The molecule has 1 heteroatoms. The van der Waals surface area contributed by atoms with Gasteiger partial charge in [-0.25, -0.2) is 0 Å².